The summed E-state index contributed by atoms with van der Waals surface area (Å²) in [6.45, 7) is 8.48. The van der Waals surface area contributed by atoms with E-state index in [4.69, 9.17) is 9.15 Å². The van der Waals surface area contributed by atoms with E-state index in [9.17, 15) is 4.79 Å². The van der Waals surface area contributed by atoms with Crippen molar-refractivity contribution in [3.63, 3.8) is 0 Å². The third kappa shape index (κ3) is 4.63. The normalized spacial score (nSPS) is 11.7. The SMILES string of the molecule is CCOc1cc2occ(-c3ccc4ccccc4c3)c2cc1/C(C)=C/C(=O)Nc1ccc(C)c(C)c1. The molecule has 0 bridgehead atoms. The molecule has 0 radical (unpaired) electrons. The molecule has 180 valence electrons. The fraction of sp³-hybridized carbons (Fsp3) is 0.156. The fourth-order valence-corrected chi connectivity index (χ4v) is 4.49. The van der Waals surface area contributed by atoms with Crippen LogP contribution in [0.1, 0.15) is 30.5 Å². The zero-order valence-electron chi connectivity index (χ0n) is 21.0. The molecule has 0 aliphatic heterocycles. The van der Waals surface area contributed by atoms with Gasteiger partial charge in [-0.25, -0.2) is 0 Å². The average Bonchev–Trinajstić information content (AvgIpc) is 3.28. The third-order valence-corrected chi connectivity index (χ3v) is 6.58. The highest BCUT2D eigenvalue weighted by molar-refractivity contribution is 6.05. The lowest BCUT2D eigenvalue weighted by Crippen LogP contribution is -2.09. The molecule has 1 amide bonds. The molecule has 0 aliphatic rings. The lowest BCUT2D eigenvalue weighted by Gasteiger charge is -2.12. The zero-order valence-corrected chi connectivity index (χ0v) is 21.0. The summed E-state index contributed by atoms with van der Waals surface area (Å²) in [5, 5.41) is 6.32. The van der Waals surface area contributed by atoms with Crippen molar-refractivity contribution >= 4 is 38.9 Å². The highest BCUT2D eigenvalue weighted by Gasteiger charge is 2.16. The second-order valence-electron chi connectivity index (χ2n) is 9.10. The molecule has 0 aliphatic carbocycles. The number of hydrogen-bond donors (Lipinski definition) is 1. The monoisotopic (exact) mass is 475 g/mol. The molecule has 5 rings (SSSR count). The lowest BCUT2D eigenvalue weighted by molar-refractivity contribution is -0.111. The molecule has 4 nitrogen and oxygen atoms in total. The summed E-state index contributed by atoms with van der Waals surface area (Å²) in [5.41, 5.74) is 7.62. The molecule has 36 heavy (non-hydrogen) atoms. The molecule has 1 aromatic heterocycles. The molecule has 4 heteroatoms. The van der Waals surface area contributed by atoms with Crippen molar-refractivity contribution in [1.29, 1.82) is 0 Å². The highest BCUT2D eigenvalue weighted by Crippen LogP contribution is 2.38. The van der Waals surface area contributed by atoms with Crippen LogP contribution in [0.3, 0.4) is 0 Å². The average molecular weight is 476 g/mol. The molecule has 1 heterocycles. The van der Waals surface area contributed by atoms with E-state index in [1.807, 2.05) is 57.2 Å². The van der Waals surface area contributed by atoms with Gasteiger partial charge in [0.2, 0.25) is 5.91 Å². The van der Waals surface area contributed by atoms with Gasteiger partial charge in [-0.1, -0.05) is 42.5 Å². The van der Waals surface area contributed by atoms with Crippen molar-refractivity contribution in [3.05, 3.63) is 102 Å². The molecule has 0 saturated carbocycles. The molecular formula is C32H29NO3. The Morgan fingerprint density at radius 2 is 1.75 bits per heavy atom. The minimum absolute atomic E-state index is 0.180. The number of furan rings is 1. The highest BCUT2D eigenvalue weighted by atomic mass is 16.5. The van der Waals surface area contributed by atoms with Gasteiger partial charge in [0, 0.05) is 34.3 Å². The Kier molecular flexibility index (Phi) is 6.34. The summed E-state index contributed by atoms with van der Waals surface area (Å²) in [4.78, 5) is 12.8. The first-order valence-corrected chi connectivity index (χ1v) is 12.2. The summed E-state index contributed by atoms with van der Waals surface area (Å²) < 4.78 is 11.9. The Labute approximate surface area is 211 Å². The van der Waals surface area contributed by atoms with E-state index in [0.29, 0.717) is 12.4 Å². The van der Waals surface area contributed by atoms with E-state index in [1.54, 1.807) is 12.3 Å². The molecule has 0 saturated heterocycles. The topological polar surface area (TPSA) is 51.5 Å². The molecule has 0 atom stereocenters. The number of carbonyl (C=O) groups is 1. The van der Waals surface area contributed by atoms with Crippen LogP contribution in [0, 0.1) is 13.8 Å². The van der Waals surface area contributed by atoms with Crippen LogP contribution in [0.2, 0.25) is 0 Å². The maximum Gasteiger partial charge on any atom is 0.248 e. The first-order chi connectivity index (χ1) is 17.4. The summed E-state index contributed by atoms with van der Waals surface area (Å²) in [6.07, 6.45) is 3.41. The summed E-state index contributed by atoms with van der Waals surface area (Å²) in [7, 11) is 0. The minimum Gasteiger partial charge on any atom is -0.493 e. The Hall–Kier alpha value is -4.31. The number of benzene rings is 4. The number of anilines is 1. The van der Waals surface area contributed by atoms with E-state index in [0.717, 1.165) is 44.5 Å². The molecular weight excluding hydrogens is 446 g/mol. The fourth-order valence-electron chi connectivity index (χ4n) is 4.49. The largest absolute Gasteiger partial charge is 0.493 e. The van der Waals surface area contributed by atoms with Crippen molar-refractivity contribution in [2.75, 3.05) is 11.9 Å². The number of nitrogens with one attached hydrogen (secondary N) is 1. The number of allylic oxidation sites excluding steroid dienone is 1. The predicted octanol–water partition coefficient (Wildman–Crippen LogP) is 8.31. The number of hydrogen-bond acceptors (Lipinski definition) is 3. The van der Waals surface area contributed by atoms with Gasteiger partial charge in [0.05, 0.1) is 12.9 Å². The van der Waals surface area contributed by atoms with Crippen LogP contribution in [-0.2, 0) is 4.79 Å². The standard InChI is InChI=1S/C32H29NO3/c1-5-35-30-18-31-28(29(19-36-31)25-12-11-23-8-6-7-9-24(23)16-25)17-27(30)22(4)15-32(34)33-26-13-10-20(2)21(3)14-26/h6-19H,5H2,1-4H3,(H,33,34)/b22-15+. The first kappa shape index (κ1) is 23.4. The van der Waals surface area contributed by atoms with Gasteiger partial charge in [-0.15, -0.1) is 0 Å². The van der Waals surface area contributed by atoms with Gasteiger partial charge in [0.25, 0.3) is 0 Å². The van der Waals surface area contributed by atoms with Gasteiger partial charge < -0.3 is 14.5 Å². The van der Waals surface area contributed by atoms with Crippen molar-refractivity contribution < 1.29 is 13.9 Å². The van der Waals surface area contributed by atoms with Gasteiger partial charge in [0.15, 0.2) is 0 Å². The van der Waals surface area contributed by atoms with Gasteiger partial charge >= 0.3 is 0 Å². The van der Waals surface area contributed by atoms with Gasteiger partial charge in [-0.3, -0.25) is 4.79 Å². The smallest absolute Gasteiger partial charge is 0.248 e. The van der Waals surface area contributed by atoms with Crippen molar-refractivity contribution in [3.8, 4) is 16.9 Å². The lowest BCUT2D eigenvalue weighted by atomic mass is 9.97. The quantitative estimate of drug-likeness (QED) is 0.251. The van der Waals surface area contributed by atoms with E-state index < -0.39 is 0 Å². The maximum absolute atomic E-state index is 12.8. The summed E-state index contributed by atoms with van der Waals surface area (Å²) in [6, 6.07) is 24.6. The second kappa shape index (κ2) is 9.74. The summed E-state index contributed by atoms with van der Waals surface area (Å²) >= 11 is 0. The Balaban J connectivity index is 1.53. The molecule has 5 aromatic rings. The molecule has 0 spiro atoms. The van der Waals surface area contributed by atoms with Gasteiger partial charge in [0.1, 0.15) is 11.3 Å². The van der Waals surface area contributed by atoms with E-state index >= 15 is 0 Å². The van der Waals surface area contributed by atoms with Crippen LogP contribution in [0.5, 0.6) is 5.75 Å². The number of carbonyl (C=O) groups excluding carboxylic acids is 1. The van der Waals surface area contributed by atoms with Gasteiger partial charge in [-0.05, 0) is 85.0 Å². The van der Waals surface area contributed by atoms with Crippen molar-refractivity contribution in [2.24, 2.45) is 0 Å². The van der Waals surface area contributed by atoms with E-state index in [-0.39, 0.29) is 5.91 Å². The van der Waals surface area contributed by atoms with E-state index in [1.165, 1.54) is 16.3 Å². The predicted molar refractivity (Wildman–Crippen MR) is 149 cm³/mol. The molecule has 1 N–H and O–H groups in total. The Bertz CT molecular complexity index is 1620. The zero-order chi connectivity index (χ0) is 25.2. The van der Waals surface area contributed by atoms with Crippen LogP contribution in [0.25, 0.3) is 38.4 Å². The van der Waals surface area contributed by atoms with Crippen molar-refractivity contribution in [2.45, 2.75) is 27.7 Å². The third-order valence-electron chi connectivity index (χ3n) is 6.58. The Morgan fingerprint density at radius 3 is 2.53 bits per heavy atom. The van der Waals surface area contributed by atoms with Crippen LogP contribution < -0.4 is 10.1 Å². The van der Waals surface area contributed by atoms with Crippen molar-refractivity contribution in [1.82, 2.24) is 0 Å². The molecule has 0 unspecified atom stereocenters. The maximum atomic E-state index is 12.8. The first-order valence-electron chi connectivity index (χ1n) is 12.2. The number of amides is 1. The van der Waals surface area contributed by atoms with Crippen LogP contribution in [-0.4, -0.2) is 12.5 Å². The minimum atomic E-state index is -0.180. The number of rotatable bonds is 6. The second-order valence-corrected chi connectivity index (χ2v) is 9.10. The van der Waals surface area contributed by atoms with Crippen LogP contribution >= 0.6 is 0 Å². The molecule has 0 fully saturated rings. The number of ether oxygens (including phenoxy) is 1. The Morgan fingerprint density at radius 1 is 0.944 bits per heavy atom. The number of aryl methyl sites for hydroxylation is 2. The van der Waals surface area contributed by atoms with Crippen LogP contribution in [0.4, 0.5) is 5.69 Å². The summed E-state index contributed by atoms with van der Waals surface area (Å²) in [5.74, 6) is 0.511. The van der Waals surface area contributed by atoms with Crippen LogP contribution in [0.15, 0.2) is 89.6 Å². The van der Waals surface area contributed by atoms with Gasteiger partial charge in [-0.2, -0.15) is 0 Å². The molecule has 4 aromatic carbocycles. The van der Waals surface area contributed by atoms with E-state index in [2.05, 4.69) is 48.6 Å². The number of fused-ring (bicyclic) bond motifs is 2.